The molecule has 1 aliphatic heterocycles. The standard InChI is InChI=1S/C15H23N3O5/c1-8(19)18-7-11(21)6-12(18)15(23)17-13(14(16)22)9-3-2-4-10(20)5-9/h9,11-13,21H,2-7H2,1H3,(H2,16,22)(H,17,23)/t9-,11+,12-,13+/m0/s1. The Morgan fingerprint density at radius 2 is 2.09 bits per heavy atom. The van der Waals surface area contributed by atoms with E-state index >= 15 is 0 Å². The van der Waals surface area contributed by atoms with Gasteiger partial charge in [0.2, 0.25) is 17.7 Å². The number of likely N-dealkylation sites (tertiary alicyclic amines) is 1. The Morgan fingerprint density at radius 3 is 2.65 bits per heavy atom. The third-order valence-electron chi connectivity index (χ3n) is 4.58. The number of aliphatic hydroxyl groups excluding tert-OH is 1. The maximum atomic E-state index is 12.4. The molecule has 2 rings (SSSR count). The molecule has 1 saturated carbocycles. The lowest BCUT2D eigenvalue weighted by Gasteiger charge is -2.30. The number of β-amino-alcohol motifs (C(OH)–C–C–N with tert-alkyl or cyclic N) is 1. The number of nitrogens with two attached hydrogens (primary N) is 1. The minimum absolute atomic E-state index is 0.0587. The van der Waals surface area contributed by atoms with Gasteiger partial charge < -0.3 is 21.1 Å². The summed E-state index contributed by atoms with van der Waals surface area (Å²) in [5, 5.41) is 12.3. The van der Waals surface area contributed by atoms with Crippen LogP contribution >= 0.6 is 0 Å². The Morgan fingerprint density at radius 1 is 1.39 bits per heavy atom. The van der Waals surface area contributed by atoms with E-state index in [1.165, 1.54) is 11.8 Å². The molecule has 8 nitrogen and oxygen atoms in total. The molecule has 0 aromatic rings. The number of primary amides is 1. The van der Waals surface area contributed by atoms with Crippen LogP contribution in [-0.4, -0.2) is 58.2 Å². The van der Waals surface area contributed by atoms with Crippen molar-refractivity contribution in [1.82, 2.24) is 10.2 Å². The molecular formula is C15H23N3O5. The zero-order valence-electron chi connectivity index (χ0n) is 13.2. The Hall–Kier alpha value is -1.96. The largest absolute Gasteiger partial charge is 0.391 e. The highest BCUT2D eigenvalue weighted by molar-refractivity contribution is 5.92. The zero-order valence-corrected chi connectivity index (χ0v) is 13.2. The van der Waals surface area contributed by atoms with Crippen LogP contribution in [-0.2, 0) is 19.2 Å². The molecule has 4 N–H and O–H groups in total. The fraction of sp³-hybridized carbons (Fsp3) is 0.733. The second-order valence-corrected chi connectivity index (χ2v) is 6.36. The van der Waals surface area contributed by atoms with Crippen LogP contribution in [0.25, 0.3) is 0 Å². The van der Waals surface area contributed by atoms with Crippen LogP contribution < -0.4 is 11.1 Å². The van der Waals surface area contributed by atoms with Gasteiger partial charge in [-0.15, -0.1) is 0 Å². The van der Waals surface area contributed by atoms with Crippen molar-refractivity contribution in [2.45, 2.75) is 57.2 Å². The van der Waals surface area contributed by atoms with Crippen molar-refractivity contribution in [2.75, 3.05) is 6.54 Å². The molecule has 1 saturated heterocycles. The van der Waals surface area contributed by atoms with Gasteiger partial charge in [-0.25, -0.2) is 0 Å². The van der Waals surface area contributed by atoms with E-state index in [-0.39, 0.29) is 37.0 Å². The van der Waals surface area contributed by atoms with E-state index in [4.69, 9.17) is 5.73 Å². The lowest BCUT2D eigenvalue weighted by Crippen LogP contribution is -2.55. The minimum atomic E-state index is -0.932. The molecule has 1 heterocycles. The molecule has 0 unspecified atom stereocenters. The van der Waals surface area contributed by atoms with Gasteiger partial charge in [0.1, 0.15) is 17.9 Å². The number of nitrogens with zero attached hydrogens (tertiary/aromatic N) is 1. The lowest BCUT2D eigenvalue weighted by molar-refractivity contribution is -0.138. The molecular weight excluding hydrogens is 302 g/mol. The van der Waals surface area contributed by atoms with Crippen LogP contribution in [0.2, 0.25) is 0 Å². The molecule has 2 aliphatic rings. The van der Waals surface area contributed by atoms with Crippen molar-refractivity contribution >= 4 is 23.5 Å². The predicted molar refractivity (Wildman–Crippen MR) is 79.9 cm³/mol. The third-order valence-corrected chi connectivity index (χ3v) is 4.58. The molecule has 2 fully saturated rings. The second-order valence-electron chi connectivity index (χ2n) is 6.36. The van der Waals surface area contributed by atoms with Crippen LogP contribution in [0.15, 0.2) is 0 Å². The zero-order chi connectivity index (χ0) is 17.1. The molecule has 0 bridgehead atoms. The Kier molecular flexibility index (Phi) is 5.35. The van der Waals surface area contributed by atoms with Gasteiger partial charge in [-0.05, 0) is 18.8 Å². The van der Waals surface area contributed by atoms with E-state index in [0.717, 1.165) is 0 Å². The van der Waals surface area contributed by atoms with Gasteiger partial charge in [-0.2, -0.15) is 0 Å². The SMILES string of the molecule is CC(=O)N1C[C@H](O)C[C@H]1C(=O)N[C@@H](C(N)=O)[C@H]1CCCC(=O)C1. The predicted octanol–water partition coefficient (Wildman–Crippen LogP) is -1.30. The summed E-state index contributed by atoms with van der Waals surface area (Å²) in [5.41, 5.74) is 5.39. The summed E-state index contributed by atoms with van der Waals surface area (Å²) in [6.45, 7) is 1.42. The fourth-order valence-corrected chi connectivity index (χ4v) is 3.42. The molecule has 0 radical (unpaired) electrons. The monoisotopic (exact) mass is 325 g/mol. The Labute approximate surface area is 134 Å². The van der Waals surface area contributed by atoms with Crippen LogP contribution in [0.1, 0.15) is 39.0 Å². The van der Waals surface area contributed by atoms with E-state index in [1.54, 1.807) is 0 Å². The topological polar surface area (TPSA) is 130 Å². The molecule has 3 amide bonds. The quantitative estimate of drug-likeness (QED) is 0.591. The van der Waals surface area contributed by atoms with Crippen molar-refractivity contribution in [2.24, 2.45) is 11.7 Å². The molecule has 23 heavy (non-hydrogen) atoms. The van der Waals surface area contributed by atoms with Gasteiger partial charge in [0.25, 0.3) is 0 Å². The number of rotatable bonds is 4. The van der Waals surface area contributed by atoms with Crippen LogP contribution in [0.5, 0.6) is 0 Å². The van der Waals surface area contributed by atoms with Crippen LogP contribution in [0.3, 0.4) is 0 Å². The summed E-state index contributed by atoms with van der Waals surface area (Å²) in [5.74, 6) is -1.77. The fourth-order valence-electron chi connectivity index (χ4n) is 3.42. The highest BCUT2D eigenvalue weighted by Crippen LogP contribution is 2.25. The number of ketones is 1. The van der Waals surface area contributed by atoms with Crippen molar-refractivity contribution < 1.29 is 24.3 Å². The first-order valence-electron chi connectivity index (χ1n) is 7.86. The van der Waals surface area contributed by atoms with Crippen molar-refractivity contribution in [3.8, 4) is 0 Å². The molecule has 8 heteroatoms. The van der Waals surface area contributed by atoms with E-state index in [9.17, 15) is 24.3 Å². The minimum Gasteiger partial charge on any atom is -0.391 e. The molecule has 4 atom stereocenters. The van der Waals surface area contributed by atoms with E-state index in [2.05, 4.69) is 5.32 Å². The van der Waals surface area contributed by atoms with Gasteiger partial charge in [-0.1, -0.05) is 0 Å². The summed E-state index contributed by atoms with van der Waals surface area (Å²) < 4.78 is 0. The number of hydrogen-bond donors (Lipinski definition) is 3. The molecule has 128 valence electrons. The van der Waals surface area contributed by atoms with Gasteiger partial charge in [-0.3, -0.25) is 19.2 Å². The van der Waals surface area contributed by atoms with E-state index < -0.39 is 30.0 Å². The number of amides is 3. The maximum Gasteiger partial charge on any atom is 0.243 e. The first-order valence-corrected chi connectivity index (χ1v) is 7.86. The van der Waals surface area contributed by atoms with Crippen LogP contribution in [0, 0.1) is 5.92 Å². The van der Waals surface area contributed by atoms with Gasteiger partial charge >= 0.3 is 0 Å². The molecule has 0 aromatic carbocycles. The Balaban J connectivity index is 2.07. The number of nitrogens with one attached hydrogen (secondary N) is 1. The number of carbonyl (C=O) groups is 4. The van der Waals surface area contributed by atoms with Gasteiger partial charge in [0.15, 0.2) is 0 Å². The second kappa shape index (κ2) is 7.08. The summed E-state index contributed by atoms with van der Waals surface area (Å²) in [4.78, 5) is 48.6. The number of aliphatic hydroxyl groups is 1. The van der Waals surface area contributed by atoms with Crippen molar-refractivity contribution in [3.63, 3.8) is 0 Å². The van der Waals surface area contributed by atoms with Gasteiger partial charge in [0.05, 0.1) is 6.10 Å². The number of carbonyl (C=O) groups excluding carboxylic acids is 4. The van der Waals surface area contributed by atoms with Crippen molar-refractivity contribution in [3.05, 3.63) is 0 Å². The molecule has 0 spiro atoms. The summed E-state index contributed by atoms with van der Waals surface area (Å²) in [7, 11) is 0. The van der Waals surface area contributed by atoms with Crippen LogP contribution in [0.4, 0.5) is 0 Å². The molecule has 0 aromatic heterocycles. The average molecular weight is 325 g/mol. The number of Topliss-reactive ketones (excluding diaryl/α,β-unsaturated/α-hetero) is 1. The lowest BCUT2D eigenvalue weighted by atomic mass is 9.82. The van der Waals surface area contributed by atoms with E-state index in [0.29, 0.717) is 19.3 Å². The van der Waals surface area contributed by atoms with Crippen molar-refractivity contribution in [1.29, 1.82) is 0 Å². The summed E-state index contributed by atoms with van der Waals surface area (Å²) in [6, 6.07) is -1.75. The average Bonchev–Trinajstić information content (AvgIpc) is 2.86. The Bertz CT molecular complexity index is 521. The smallest absolute Gasteiger partial charge is 0.243 e. The third kappa shape index (κ3) is 4.07. The maximum absolute atomic E-state index is 12.4. The highest BCUT2D eigenvalue weighted by Gasteiger charge is 2.40. The highest BCUT2D eigenvalue weighted by atomic mass is 16.3. The number of hydrogen-bond acceptors (Lipinski definition) is 5. The summed E-state index contributed by atoms with van der Waals surface area (Å²) in [6.07, 6.45) is 1.38. The van der Waals surface area contributed by atoms with Gasteiger partial charge in [0, 0.05) is 32.7 Å². The molecule has 1 aliphatic carbocycles. The first kappa shape index (κ1) is 17.4. The normalized spacial score (nSPS) is 29.2. The summed E-state index contributed by atoms with van der Waals surface area (Å²) >= 11 is 0. The van der Waals surface area contributed by atoms with E-state index in [1.807, 2.05) is 0 Å². The first-order chi connectivity index (χ1) is 10.8.